The van der Waals surface area contributed by atoms with Crippen LogP contribution < -0.4 is 14.8 Å². The van der Waals surface area contributed by atoms with Crippen LogP contribution in [0, 0.1) is 5.82 Å². The molecule has 1 aliphatic rings. The molecule has 0 amide bonds. The highest BCUT2D eigenvalue weighted by Gasteiger charge is 2.21. The Bertz CT molecular complexity index is 735. The van der Waals surface area contributed by atoms with E-state index in [0.717, 1.165) is 5.56 Å². The molecule has 0 radical (unpaired) electrons. The smallest absolute Gasteiger partial charge is 0.163 e. The molecular weight excluding hydrogens is 352 g/mol. The molecule has 6 heteroatoms. The Kier molecular flexibility index (Phi) is 5.49. The van der Waals surface area contributed by atoms with Gasteiger partial charge in [0.2, 0.25) is 0 Å². The summed E-state index contributed by atoms with van der Waals surface area (Å²) in [6, 6.07) is 8.42. The Hall–Kier alpha value is -1.49. The van der Waals surface area contributed by atoms with E-state index < -0.39 is 0 Å². The third-order valence-corrected chi connectivity index (χ3v) is 4.59. The van der Waals surface area contributed by atoms with Gasteiger partial charge in [-0.25, -0.2) is 4.39 Å². The zero-order chi connectivity index (χ0) is 17.1. The molecular formula is C18H18Cl2FNO2. The van der Waals surface area contributed by atoms with E-state index in [2.05, 4.69) is 5.32 Å². The first-order valence-corrected chi connectivity index (χ1v) is 8.49. The first-order valence-electron chi connectivity index (χ1n) is 7.73. The normalized spacial score (nSPS) is 13.8. The molecule has 2 aromatic carbocycles. The number of nitrogens with one attached hydrogen (secondary N) is 1. The highest BCUT2D eigenvalue weighted by molar-refractivity contribution is 6.31. The van der Waals surface area contributed by atoms with Gasteiger partial charge in [0.25, 0.3) is 0 Å². The van der Waals surface area contributed by atoms with Crippen molar-refractivity contribution in [3.8, 4) is 11.5 Å². The number of hydrogen-bond donors (Lipinski definition) is 1. The van der Waals surface area contributed by atoms with Gasteiger partial charge >= 0.3 is 0 Å². The topological polar surface area (TPSA) is 30.5 Å². The summed E-state index contributed by atoms with van der Waals surface area (Å²) < 4.78 is 24.3. The van der Waals surface area contributed by atoms with Gasteiger partial charge in [0.1, 0.15) is 12.4 Å². The van der Waals surface area contributed by atoms with Crippen LogP contribution in [0.4, 0.5) is 4.39 Å². The molecule has 1 saturated carbocycles. The van der Waals surface area contributed by atoms with E-state index in [-0.39, 0.29) is 12.4 Å². The fourth-order valence-corrected chi connectivity index (χ4v) is 2.76. The fraction of sp³-hybridized carbons (Fsp3) is 0.333. The Morgan fingerprint density at radius 3 is 2.50 bits per heavy atom. The molecule has 0 bridgehead atoms. The first-order chi connectivity index (χ1) is 11.6. The van der Waals surface area contributed by atoms with E-state index in [1.54, 1.807) is 19.2 Å². The van der Waals surface area contributed by atoms with Gasteiger partial charge in [-0.1, -0.05) is 29.3 Å². The molecule has 1 N–H and O–H groups in total. The van der Waals surface area contributed by atoms with Gasteiger partial charge in [0.05, 0.1) is 12.1 Å². The summed E-state index contributed by atoms with van der Waals surface area (Å²) in [5.41, 5.74) is 1.66. The number of halogens is 3. The Labute approximate surface area is 150 Å². The Morgan fingerprint density at radius 1 is 1.08 bits per heavy atom. The summed E-state index contributed by atoms with van der Waals surface area (Å²) in [5.74, 6) is 0.750. The molecule has 128 valence electrons. The molecule has 0 aliphatic heterocycles. The van der Waals surface area contributed by atoms with Gasteiger partial charge in [-0.05, 0) is 36.6 Å². The average Bonchev–Trinajstić information content (AvgIpc) is 3.37. The van der Waals surface area contributed by atoms with Crippen molar-refractivity contribution in [1.82, 2.24) is 5.32 Å². The van der Waals surface area contributed by atoms with Crippen LogP contribution >= 0.6 is 23.2 Å². The van der Waals surface area contributed by atoms with Gasteiger partial charge in [0, 0.05) is 29.2 Å². The third-order valence-electron chi connectivity index (χ3n) is 3.89. The monoisotopic (exact) mass is 369 g/mol. The summed E-state index contributed by atoms with van der Waals surface area (Å²) in [6.07, 6.45) is 2.43. The lowest BCUT2D eigenvalue weighted by Gasteiger charge is -2.15. The van der Waals surface area contributed by atoms with Crippen molar-refractivity contribution in [2.75, 3.05) is 7.11 Å². The average molecular weight is 370 g/mol. The van der Waals surface area contributed by atoms with Crippen molar-refractivity contribution in [3.05, 3.63) is 57.3 Å². The van der Waals surface area contributed by atoms with Crippen molar-refractivity contribution in [3.63, 3.8) is 0 Å². The molecule has 0 heterocycles. The second-order valence-corrected chi connectivity index (χ2v) is 6.59. The third kappa shape index (κ3) is 4.32. The summed E-state index contributed by atoms with van der Waals surface area (Å²) in [5, 5.41) is 4.36. The first kappa shape index (κ1) is 17.3. The van der Waals surface area contributed by atoms with Crippen LogP contribution in [0.5, 0.6) is 11.5 Å². The zero-order valence-corrected chi connectivity index (χ0v) is 14.8. The molecule has 2 aromatic rings. The quantitative estimate of drug-likeness (QED) is 0.746. The van der Waals surface area contributed by atoms with Gasteiger partial charge in [-0.3, -0.25) is 0 Å². The molecule has 24 heavy (non-hydrogen) atoms. The molecule has 0 spiro atoms. The molecule has 0 aromatic heterocycles. The van der Waals surface area contributed by atoms with E-state index in [0.29, 0.717) is 39.7 Å². The van der Waals surface area contributed by atoms with Crippen LogP contribution in [0.2, 0.25) is 10.0 Å². The van der Waals surface area contributed by atoms with E-state index >= 15 is 0 Å². The maximum absolute atomic E-state index is 13.1. The van der Waals surface area contributed by atoms with Crippen LogP contribution in [0.25, 0.3) is 0 Å². The Morgan fingerprint density at radius 2 is 1.83 bits per heavy atom. The molecule has 3 rings (SSSR count). The van der Waals surface area contributed by atoms with Gasteiger partial charge in [0.15, 0.2) is 11.5 Å². The minimum absolute atomic E-state index is 0.200. The maximum Gasteiger partial charge on any atom is 0.163 e. The van der Waals surface area contributed by atoms with Crippen LogP contribution in [0.3, 0.4) is 0 Å². The molecule has 0 unspecified atom stereocenters. The molecule has 0 atom stereocenters. The Balaban J connectivity index is 1.72. The van der Waals surface area contributed by atoms with Gasteiger partial charge < -0.3 is 14.8 Å². The minimum atomic E-state index is -0.378. The van der Waals surface area contributed by atoms with Crippen molar-refractivity contribution in [2.45, 2.75) is 32.0 Å². The van der Waals surface area contributed by atoms with Crippen molar-refractivity contribution >= 4 is 23.2 Å². The van der Waals surface area contributed by atoms with Gasteiger partial charge in [-0.15, -0.1) is 0 Å². The van der Waals surface area contributed by atoms with Crippen LogP contribution in [-0.4, -0.2) is 13.2 Å². The maximum atomic E-state index is 13.1. The highest BCUT2D eigenvalue weighted by atomic mass is 35.5. The second kappa shape index (κ2) is 7.60. The molecule has 0 saturated heterocycles. The lowest BCUT2D eigenvalue weighted by atomic mass is 10.2. The molecule has 1 aliphatic carbocycles. The number of rotatable bonds is 7. The van der Waals surface area contributed by atoms with E-state index in [1.807, 2.05) is 6.07 Å². The van der Waals surface area contributed by atoms with Crippen LogP contribution in [0.1, 0.15) is 24.0 Å². The lowest BCUT2D eigenvalue weighted by molar-refractivity contribution is 0.284. The van der Waals surface area contributed by atoms with Crippen molar-refractivity contribution < 1.29 is 13.9 Å². The van der Waals surface area contributed by atoms with Crippen LogP contribution in [-0.2, 0) is 13.2 Å². The minimum Gasteiger partial charge on any atom is -0.493 e. The number of ether oxygens (including phenoxy) is 2. The number of benzene rings is 2. The fourth-order valence-electron chi connectivity index (χ4n) is 2.32. The summed E-state index contributed by atoms with van der Waals surface area (Å²) in [4.78, 5) is 0. The second-order valence-electron chi connectivity index (χ2n) is 5.77. The SMILES string of the molecule is COc1cc(CNC2CC2)c(Cl)cc1OCc1ccc(F)cc1Cl. The largest absolute Gasteiger partial charge is 0.493 e. The van der Waals surface area contributed by atoms with Crippen molar-refractivity contribution in [1.29, 1.82) is 0 Å². The summed E-state index contributed by atoms with van der Waals surface area (Å²) in [6.45, 7) is 0.898. The van der Waals surface area contributed by atoms with Crippen molar-refractivity contribution in [2.24, 2.45) is 0 Å². The lowest BCUT2D eigenvalue weighted by Crippen LogP contribution is -2.15. The van der Waals surface area contributed by atoms with E-state index in [1.165, 1.54) is 25.0 Å². The number of hydrogen-bond acceptors (Lipinski definition) is 3. The molecule has 3 nitrogen and oxygen atoms in total. The van der Waals surface area contributed by atoms with Crippen LogP contribution in [0.15, 0.2) is 30.3 Å². The predicted molar refractivity (Wildman–Crippen MR) is 93.6 cm³/mol. The highest BCUT2D eigenvalue weighted by Crippen LogP contribution is 2.34. The summed E-state index contributed by atoms with van der Waals surface area (Å²) in [7, 11) is 1.58. The zero-order valence-electron chi connectivity index (χ0n) is 13.2. The summed E-state index contributed by atoms with van der Waals surface area (Å²) >= 11 is 12.4. The molecule has 1 fully saturated rings. The van der Waals surface area contributed by atoms with E-state index in [4.69, 9.17) is 32.7 Å². The predicted octanol–water partition coefficient (Wildman–Crippen LogP) is 4.97. The van der Waals surface area contributed by atoms with Gasteiger partial charge in [-0.2, -0.15) is 0 Å². The van der Waals surface area contributed by atoms with E-state index in [9.17, 15) is 4.39 Å². The number of methoxy groups -OCH3 is 1. The standard InChI is InChI=1S/C18H18Cl2FNO2/c1-23-17-6-12(9-22-14-4-5-14)16(20)8-18(17)24-10-11-2-3-13(21)7-15(11)19/h2-3,6-8,14,22H,4-5,9-10H2,1H3.